The quantitative estimate of drug-likeness (QED) is 0.757. The molecule has 6 nitrogen and oxygen atoms in total. The van der Waals surface area contributed by atoms with Gasteiger partial charge in [0.1, 0.15) is 5.82 Å². The van der Waals surface area contributed by atoms with Gasteiger partial charge in [0.2, 0.25) is 0 Å². The van der Waals surface area contributed by atoms with E-state index in [1.165, 1.54) is 29.5 Å². The summed E-state index contributed by atoms with van der Waals surface area (Å²) in [5.41, 5.74) is 3.65. The zero-order valence-corrected chi connectivity index (χ0v) is 16.2. The molecule has 0 unspecified atom stereocenters. The average Bonchev–Trinajstić information content (AvgIpc) is 3.29. The highest BCUT2D eigenvalue weighted by Crippen LogP contribution is 2.30. The van der Waals surface area contributed by atoms with Crippen LogP contribution in [0.15, 0.2) is 42.6 Å². The minimum atomic E-state index is 0.538. The number of fused-ring (bicyclic) bond motifs is 1. The molecule has 4 heterocycles. The molecule has 1 atom stereocenters. The fourth-order valence-corrected chi connectivity index (χ4v) is 4.50. The first-order valence-electron chi connectivity index (χ1n) is 10.3. The number of pyridine rings is 1. The summed E-state index contributed by atoms with van der Waals surface area (Å²) in [5, 5.41) is 8.53. The average molecular weight is 377 g/mol. The number of nitrogens with zero attached hydrogens (tertiary/aromatic N) is 4. The van der Waals surface area contributed by atoms with Crippen molar-refractivity contribution in [2.24, 2.45) is 0 Å². The minimum Gasteiger partial charge on any atom is -0.378 e. The van der Waals surface area contributed by atoms with E-state index in [4.69, 9.17) is 9.72 Å². The molecule has 0 aliphatic carbocycles. The molecule has 3 aromatic rings. The molecule has 2 fully saturated rings. The number of para-hydroxylation sites is 1. The third-order valence-corrected chi connectivity index (χ3v) is 5.95. The van der Waals surface area contributed by atoms with Gasteiger partial charge in [0.05, 0.1) is 18.7 Å². The lowest BCUT2D eigenvalue weighted by atomic mass is 9.94. The zero-order valence-electron chi connectivity index (χ0n) is 16.2. The van der Waals surface area contributed by atoms with Gasteiger partial charge >= 0.3 is 0 Å². The van der Waals surface area contributed by atoms with Gasteiger partial charge < -0.3 is 9.64 Å². The smallest absolute Gasteiger partial charge is 0.133 e. The molecule has 0 saturated carbocycles. The molecule has 6 heteroatoms. The highest BCUT2D eigenvalue weighted by atomic mass is 16.5. The molecule has 0 bridgehead atoms. The van der Waals surface area contributed by atoms with Gasteiger partial charge in [-0.2, -0.15) is 5.10 Å². The van der Waals surface area contributed by atoms with Crippen molar-refractivity contribution in [2.75, 3.05) is 44.3 Å². The van der Waals surface area contributed by atoms with Crippen molar-refractivity contribution in [3.8, 4) is 0 Å². The molecule has 0 spiro atoms. The first-order valence-corrected chi connectivity index (χ1v) is 10.3. The normalized spacial score (nSPS) is 21.3. The van der Waals surface area contributed by atoms with E-state index in [0.717, 1.165) is 57.3 Å². The summed E-state index contributed by atoms with van der Waals surface area (Å²) in [6.07, 6.45) is 4.31. The van der Waals surface area contributed by atoms with E-state index in [0.29, 0.717) is 5.92 Å². The van der Waals surface area contributed by atoms with Gasteiger partial charge in [-0.05, 0) is 37.6 Å². The van der Waals surface area contributed by atoms with Crippen LogP contribution in [0.25, 0.3) is 10.9 Å². The van der Waals surface area contributed by atoms with Crippen molar-refractivity contribution in [2.45, 2.75) is 25.3 Å². The summed E-state index contributed by atoms with van der Waals surface area (Å²) in [5.74, 6) is 1.67. The zero-order chi connectivity index (χ0) is 18.8. The minimum absolute atomic E-state index is 0.538. The summed E-state index contributed by atoms with van der Waals surface area (Å²) in [6, 6.07) is 12.9. The highest BCUT2D eigenvalue weighted by Gasteiger charge is 2.24. The fraction of sp³-hybridized carbons (Fsp3) is 0.455. The Bertz CT molecular complexity index is 920. The fourth-order valence-electron chi connectivity index (χ4n) is 4.50. The van der Waals surface area contributed by atoms with Gasteiger partial charge in [-0.3, -0.25) is 10.00 Å². The lowest BCUT2D eigenvalue weighted by molar-refractivity contribution is 0.122. The summed E-state index contributed by atoms with van der Waals surface area (Å²) in [4.78, 5) is 10.0. The Labute approximate surface area is 165 Å². The number of likely N-dealkylation sites (tertiary alicyclic amines) is 1. The molecule has 2 aliphatic rings. The molecule has 146 valence electrons. The number of nitrogens with one attached hydrogen (secondary N) is 1. The second-order valence-electron chi connectivity index (χ2n) is 7.85. The van der Waals surface area contributed by atoms with Gasteiger partial charge in [-0.25, -0.2) is 4.98 Å². The second-order valence-corrected chi connectivity index (χ2v) is 7.85. The maximum Gasteiger partial charge on any atom is 0.133 e. The number of anilines is 1. The first-order chi connectivity index (χ1) is 13.9. The monoisotopic (exact) mass is 377 g/mol. The predicted octanol–water partition coefficient (Wildman–Crippen LogP) is 3.17. The standard InChI is InChI=1S/C22H27N5O/c1-2-6-20-17(4-1)14-19(22(24-20)27-10-12-28-13-11-27)16-26-9-3-5-18(15-26)21-7-8-23-25-21/h1-2,4,6-8,14,18H,3,5,9-13,15-16H2,(H,23,25)/t18-/m1/s1. The molecule has 0 radical (unpaired) electrons. The molecule has 1 N–H and O–H groups in total. The van der Waals surface area contributed by atoms with Crippen LogP contribution in [-0.4, -0.2) is 59.5 Å². The number of aromatic amines is 1. The van der Waals surface area contributed by atoms with Gasteiger partial charge in [0, 0.05) is 54.9 Å². The number of H-pyrrole nitrogens is 1. The van der Waals surface area contributed by atoms with Crippen LogP contribution in [0.5, 0.6) is 0 Å². The van der Waals surface area contributed by atoms with Crippen molar-refractivity contribution in [1.82, 2.24) is 20.1 Å². The van der Waals surface area contributed by atoms with Crippen LogP contribution in [0.1, 0.15) is 30.0 Å². The topological polar surface area (TPSA) is 57.3 Å². The largest absolute Gasteiger partial charge is 0.378 e. The Hall–Kier alpha value is -2.44. The number of aromatic nitrogens is 3. The molecule has 2 aromatic heterocycles. The Morgan fingerprint density at radius 2 is 2.00 bits per heavy atom. The molecular weight excluding hydrogens is 350 g/mol. The Morgan fingerprint density at radius 3 is 2.86 bits per heavy atom. The number of hydrogen-bond acceptors (Lipinski definition) is 5. The van der Waals surface area contributed by atoms with Gasteiger partial charge in [0.15, 0.2) is 0 Å². The molecule has 0 amide bonds. The van der Waals surface area contributed by atoms with E-state index < -0.39 is 0 Å². The maximum absolute atomic E-state index is 5.56. The molecule has 2 aliphatic heterocycles. The predicted molar refractivity (Wildman–Crippen MR) is 111 cm³/mol. The Morgan fingerprint density at radius 1 is 1.11 bits per heavy atom. The van der Waals surface area contributed by atoms with Crippen LogP contribution in [0.4, 0.5) is 5.82 Å². The van der Waals surface area contributed by atoms with E-state index in [-0.39, 0.29) is 0 Å². The van der Waals surface area contributed by atoms with E-state index in [1.807, 2.05) is 6.20 Å². The van der Waals surface area contributed by atoms with Crippen LogP contribution < -0.4 is 4.90 Å². The van der Waals surface area contributed by atoms with Gasteiger partial charge in [-0.15, -0.1) is 0 Å². The third kappa shape index (κ3) is 3.62. The number of ether oxygens (including phenoxy) is 1. The van der Waals surface area contributed by atoms with Crippen molar-refractivity contribution < 1.29 is 4.74 Å². The molecule has 2 saturated heterocycles. The first kappa shape index (κ1) is 17.6. The molecule has 28 heavy (non-hydrogen) atoms. The Balaban J connectivity index is 1.43. The second kappa shape index (κ2) is 7.89. The van der Waals surface area contributed by atoms with Crippen LogP contribution in [0, 0.1) is 0 Å². The van der Waals surface area contributed by atoms with Crippen molar-refractivity contribution in [3.63, 3.8) is 0 Å². The highest BCUT2D eigenvalue weighted by molar-refractivity contribution is 5.81. The van der Waals surface area contributed by atoms with Crippen LogP contribution in [0.2, 0.25) is 0 Å². The summed E-state index contributed by atoms with van der Waals surface area (Å²) >= 11 is 0. The summed E-state index contributed by atoms with van der Waals surface area (Å²) in [7, 11) is 0. The van der Waals surface area contributed by atoms with E-state index >= 15 is 0 Å². The molecule has 5 rings (SSSR count). The van der Waals surface area contributed by atoms with E-state index in [1.54, 1.807) is 0 Å². The van der Waals surface area contributed by atoms with Crippen molar-refractivity contribution >= 4 is 16.7 Å². The van der Waals surface area contributed by atoms with Crippen molar-refractivity contribution in [3.05, 3.63) is 53.9 Å². The number of rotatable bonds is 4. The number of benzene rings is 1. The lowest BCUT2D eigenvalue weighted by Gasteiger charge is -2.34. The molecular formula is C22H27N5O. The summed E-state index contributed by atoms with van der Waals surface area (Å²) in [6.45, 7) is 6.52. The number of hydrogen-bond donors (Lipinski definition) is 1. The number of morpholine rings is 1. The van der Waals surface area contributed by atoms with Crippen LogP contribution in [-0.2, 0) is 11.3 Å². The van der Waals surface area contributed by atoms with Crippen molar-refractivity contribution in [1.29, 1.82) is 0 Å². The summed E-state index contributed by atoms with van der Waals surface area (Å²) < 4.78 is 5.56. The molecule has 1 aromatic carbocycles. The van der Waals surface area contributed by atoms with Crippen LogP contribution in [0.3, 0.4) is 0 Å². The Kier molecular flexibility index (Phi) is 4.97. The lowest BCUT2D eigenvalue weighted by Crippen LogP contribution is -2.39. The maximum atomic E-state index is 5.56. The van der Waals surface area contributed by atoms with E-state index in [2.05, 4.69) is 56.4 Å². The van der Waals surface area contributed by atoms with Gasteiger partial charge in [0.25, 0.3) is 0 Å². The van der Waals surface area contributed by atoms with Gasteiger partial charge in [-0.1, -0.05) is 18.2 Å². The van der Waals surface area contributed by atoms with E-state index in [9.17, 15) is 0 Å². The SMILES string of the molecule is c1ccc2nc(N3CCOCC3)c(CN3CCC[C@@H](c4ccn[nH]4)C3)cc2c1. The van der Waals surface area contributed by atoms with Crippen LogP contribution >= 0.6 is 0 Å². The number of piperidine rings is 1. The third-order valence-electron chi connectivity index (χ3n) is 5.95.